The molecule has 0 fully saturated rings. The van der Waals surface area contributed by atoms with Gasteiger partial charge in [0.25, 0.3) is 0 Å². The van der Waals surface area contributed by atoms with Crippen LogP contribution in [0.4, 0.5) is 5.69 Å². The molecule has 13 heavy (non-hydrogen) atoms. The molecule has 0 aromatic carbocycles. The number of nitrogens with zero attached hydrogens (tertiary/aromatic N) is 4. The molecular formula is C6H6ClN5O. The molecule has 0 saturated heterocycles. The molecule has 0 unspecified atom stereocenters. The Balaban J connectivity index is 2.64. The average Bonchev–Trinajstić information content (AvgIpc) is 2.59. The van der Waals surface area contributed by atoms with E-state index in [1.165, 1.54) is 19.6 Å². The number of rotatable bonds is 2. The molecule has 2 heterocycles. The van der Waals surface area contributed by atoms with E-state index < -0.39 is 0 Å². The van der Waals surface area contributed by atoms with Gasteiger partial charge in [0, 0.05) is 0 Å². The highest BCUT2D eigenvalue weighted by Crippen LogP contribution is 2.16. The van der Waals surface area contributed by atoms with Crippen LogP contribution in [0, 0.1) is 0 Å². The zero-order valence-corrected chi connectivity index (χ0v) is 7.49. The zero-order chi connectivity index (χ0) is 9.26. The predicted molar refractivity (Wildman–Crippen MR) is 46.4 cm³/mol. The largest absolute Gasteiger partial charge is 0.279 e. The van der Waals surface area contributed by atoms with Crippen molar-refractivity contribution < 1.29 is 4.84 Å². The normalized spacial score (nSPS) is 10.6. The highest BCUT2D eigenvalue weighted by Gasteiger charge is 2.06. The van der Waals surface area contributed by atoms with Gasteiger partial charge in [-0.1, -0.05) is 0 Å². The molecule has 68 valence electrons. The van der Waals surface area contributed by atoms with E-state index in [9.17, 15) is 0 Å². The van der Waals surface area contributed by atoms with Crippen molar-refractivity contribution in [2.45, 2.75) is 0 Å². The fraction of sp³-hybridized carbons (Fsp3) is 0.167. The Morgan fingerprint density at radius 3 is 3.23 bits per heavy atom. The lowest BCUT2D eigenvalue weighted by Crippen LogP contribution is -2.00. The molecule has 0 aliphatic rings. The molecule has 0 spiro atoms. The van der Waals surface area contributed by atoms with Gasteiger partial charge in [-0.2, -0.15) is 0 Å². The monoisotopic (exact) mass is 199 g/mol. The van der Waals surface area contributed by atoms with Crippen LogP contribution in [0.25, 0.3) is 5.65 Å². The smallest absolute Gasteiger partial charge is 0.209 e. The maximum absolute atomic E-state index is 5.77. The first kappa shape index (κ1) is 8.21. The lowest BCUT2D eigenvalue weighted by Gasteiger charge is -2.03. The predicted octanol–water partition coefficient (Wildman–Crippen LogP) is 0.751. The van der Waals surface area contributed by atoms with Crippen molar-refractivity contribution in [2.24, 2.45) is 0 Å². The van der Waals surface area contributed by atoms with Gasteiger partial charge >= 0.3 is 0 Å². The van der Waals surface area contributed by atoms with E-state index in [-0.39, 0.29) is 0 Å². The van der Waals surface area contributed by atoms with Crippen LogP contribution in [0.3, 0.4) is 0 Å². The molecule has 0 radical (unpaired) electrons. The number of anilines is 1. The van der Waals surface area contributed by atoms with Crippen LogP contribution in [0.1, 0.15) is 0 Å². The molecule has 6 nitrogen and oxygen atoms in total. The second kappa shape index (κ2) is 3.15. The molecule has 7 heteroatoms. The highest BCUT2D eigenvalue weighted by atomic mass is 35.5. The number of aromatic nitrogens is 4. The Hall–Kier alpha value is -1.40. The third kappa shape index (κ3) is 1.30. The minimum atomic E-state index is 0.307. The van der Waals surface area contributed by atoms with E-state index in [0.29, 0.717) is 16.6 Å². The molecule has 2 aromatic rings. The minimum Gasteiger partial charge on any atom is -0.279 e. The average molecular weight is 200 g/mol. The summed E-state index contributed by atoms with van der Waals surface area (Å²) in [5.41, 5.74) is 3.81. The number of hydrogen-bond acceptors (Lipinski definition) is 5. The molecule has 0 amide bonds. The summed E-state index contributed by atoms with van der Waals surface area (Å²) < 4.78 is 1.54. The zero-order valence-electron chi connectivity index (χ0n) is 6.73. The molecule has 0 aliphatic heterocycles. The van der Waals surface area contributed by atoms with Gasteiger partial charge in [-0.25, -0.2) is 4.98 Å². The summed E-state index contributed by atoms with van der Waals surface area (Å²) >= 11 is 5.77. The standard InChI is InChI=1S/C6H6ClN5O/c1-13-11-4-2-8-6(7)12-3-9-10-5(4)12/h2-3,11H,1H3. The first-order valence-electron chi connectivity index (χ1n) is 3.46. The first-order chi connectivity index (χ1) is 6.33. The Kier molecular flexibility index (Phi) is 1.99. The van der Waals surface area contributed by atoms with Gasteiger partial charge in [0.15, 0.2) is 5.65 Å². The van der Waals surface area contributed by atoms with Gasteiger partial charge in [-0.3, -0.25) is 14.7 Å². The van der Waals surface area contributed by atoms with Crippen molar-refractivity contribution >= 4 is 22.9 Å². The SMILES string of the molecule is CONc1cnc(Cl)n2cnnc12. The molecule has 2 aromatic heterocycles. The summed E-state index contributed by atoms with van der Waals surface area (Å²) in [7, 11) is 1.50. The quantitative estimate of drug-likeness (QED) is 0.571. The Morgan fingerprint density at radius 2 is 2.46 bits per heavy atom. The second-order valence-electron chi connectivity index (χ2n) is 2.27. The van der Waals surface area contributed by atoms with Gasteiger partial charge in [0.05, 0.1) is 13.3 Å². The molecule has 0 aliphatic carbocycles. The van der Waals surface area contributed by atoms with Crippen molar-refractivity contribution in [1.29, 1.82) is 0 Å². The van der Waals surface area contributed by atoms with E-state index in [1.54, 1.807) is 4.40 Å². The second-order valence-corrected chi connectivity index (χ2v) is 2.61. The third-order valence-corrected chi connectivity index (χ3v) is 1.78. The van der Waals surface area contributed by atoms with Crippen molar-refractivity contribution in [3.05, 3.63) is 17.8 Å². The van der Waals surface area contributed by atoms with Gasteiger partial charge in [0.1, 0.15) is 12.0 Å². The van der Waals surface area contributed by atoms with Crippen LogP contribution in [-0.4, -0.2) is 26.7 Å². The van der Waals surface area contributed by atoms with Crippen LogP contribution < -0.4 is 5.48 Å². The molecule has 0 bridgehead atoms. The van der Waals surface area contributed by atoms with Crippen molar-refractivity contribution in [3.8, 4) is 0 Å². The Labute approximate surface area is 78.5 Å². The van der Waals surface area contributed by atoms with E-state index in [1.807, 2.05) is 0 Å². The van der Waals surface area contributed by atoms with Crippen molar-refractivity contribution in [3.63, 3.8) is 0 Å². The summed E-state index contributed by atoms with van der Waals surface area (Å²) in [5, 5.41) is 7.85. The fourth-order valence-electron chi connectivity index (χ4n) is 0.973. The van der Waals surface area contributed by atoms with E-state index in [0.717, 1.165) is 0 Å². The maximum atomic E-state index is 5.77. The highest BCUT2D eigenvalue weighted by molar-refractivity contribution is 6.28. The van der Waals surface area contributed by atoms with Crippen LogP contribution >= 0.6 is 11.6 Å². The van der Waals surface area contributed by atoms with E-state index in [2.05, 4.69) is 20.7 Å². The topological polar surface area (TPSA) is 64.3 Å². The van der Waals surface area contributed by atoms with Gasteiger partial charge in [-0.15, -0.1) is 10.2 Å². The van der Waals surface area contributed by atoms with Gasteiger partial charge in [-0.05, 0) is 11.6 Å². The van der Waals surface area contributed by atoms with Crippen LogP contribution in [0.15, 0.2) is 12.5 Å². The molecule has 1 N–H and O–H groups in total. The lowest BCUT2D eigenvalue weighted by molar-refractivity contribution is 0.271. The maximum Gasteiger partial charge on any atom is 0.209 e. The van der Waals surface area contributed by atoms with Gasteiger partial charge < -0.3 is 0 Å². The Bertz CT molecular complexity index is 428. The summed E-state index contributed by atoms with van der Waals surface area (Å²) in [5.74, 6) is 0. The molecule has 2 rings (SSSR count). The summed E-state index contributed by atoms with van der Waals surface area (Å²) in [6, 6.07) is 0. The van der Waals surface area contributed by atoms with E-state index in [4.69, 9.17) is 16.4 Å². The lowest BCUT2D eigenvalue weighted by atomic mass is 10.5. The molecule has 0 saturated carbocycles. The molecular weight excluding hydrogens is 194 g/mol. The van der Waals surface area contributed by atoms with Gasteiger partial charge in [0.2, 0.25) is 5.28 Å². The fourth-order valence-corrected chi connectivity index (χ4v) is 1.15. The number of halogens is 1. The van der Waals surface area contributed by atoms with Crippen LogP contribution in [-0.2, 0) is 4.84 Å². The first-order valence-corrected chi connectivity index (χ1v) is 3.84. The summed E-state index contributed by atoms with van der Waals surface area (Å²) in [6.07, 6.45) is 3.00. The van der Waals surface area contributed by atoms with Crippen molar-refractivity contribution in [2.75, 3.05) is 12.6 Å². The number of nitrogens with one attached hydrogen (secondary N) is 1. The number of hydrogen-bond donors (Lipinski definition) is 1. The molecule has 0 atom stereocenters. The minimum absolute atomic E-state index is 0.307. The van der Waals surface area contributed by atoms with Crippen LogP contribution in [0.5, 0.6) is 0 Å². The summed E-state index contributed by atoms with van der Waals surface area (Å²) in [4.78, 5) is 8.64. The number of fused-ring (bicyclic) bond motifs is 1. The van der Waals surface area contributed by atoms with Crippen molar-refractivity contribution in [1.82, 2.24) is 19.6 Å². The summed E-state index contributed by atoms with van der Waals surface area (Å²) in [6.45, 7) is 0. The third-order valence-electron chi connectivity index (χ3n) is 1.50. The van der Waals surface area contributed by atoms with Crippen LogP contribution in [0.2, 0.25) is 5.28 Å². The van der Waals surface area contributed by atoms with E-state index >= 15 is 0 Å². The Morgan fingerprint density at radius 1 is 1.62 bits per heavy atom.